The molecule has 1 heterocycles. The normalized spacial score (nSPS) is 24.7. The van der Waals surface area contributed by atoms with Crippen LogP contribution in [-0.2, 0) is 4.79 Å². The third-order valence-electron chi connectivity index (χ3n) is 2.91. The molecule has 0 bridgehead atoms. The van der Waals surface area contributed by atoms with Crippen LogP contribution in [0.25, 0.3) is 0 Å². The number of piperidine rings is 1. The summed E-state index contributed by atoms with van der Waals surface area (Å²) in [6.07, 6.45) is 3.00. The van der Waals surface area contributed by atoms with Gasteiger partial charge in [0, 0.05) is 25.6 Å². The van der Waals surface area contributed by atoms with Gasteiger partial charge in [0.1, 0.15) is 0 Å². The molecule has 88 valence electrons. The quantitative estimate of drug-likeness (QED) is 0.769. The van der Waals surface area contributed by atoms with Crippen LogP contribution in [0, 0.1) is 11.8 Å². The summed E-state index contributed by atoms with van der Waals surface area (Å²) in [5.41, 5.74) is 5.74. The van der Waals surface area contributed by atoms with Gasteiger partial charge in [0.25, 0.3) is 0 Å². The van der Waals surface area contributed by atoms with E-state index in [1.165, 1.54) is 6.42 Å². The van der Waals surface area contributed by atoms with Crippen LogP contribution in [0.15, 0.2) is 0 Å². The van der Waals surface area contributed by atoms with Crippen LogP contribution in [0.1, 0.15) is 40.0 Å². The fourth-order valence-electron chi connectivity index (χ4n) is 2.37. The Labute approximate surface area is 93.0 Å². The van der Waals surface area contributed by atoms with E-state index < -0.39 is 0 Å². The van der Waals surface area contributed by atoms with Crippen molar-refractivity contribution in [3.8, 4) is 0 Å². The van der Waals surface area contributed by atoms with Gasteiger partial charge >= 0.3 is 0 Å². The average Bonchev–Trinajstić information content (AvgIpc) is 2.09. The van der Waals surface area contributed by atoms with Gasteiger partial charge in [-0.1, -0.05) is 13.8 Å². The van der Waals surface area contributed by atoms with Gasteiger partial charge in [-0.05, 0) is 31.6 Å². The second-order valence-electron chi connectivity index (χ2n) is 5.31. The maximum absolute atomic E-state index is 11.6. The zero-order chi connectivity index (χ0) is 11.4. The van der Waals surface area contributed by atoms with Crippen LogP contribution in [0.2, 0.25) is 0 Å². The monoisotopic (exact) mass is 212 g/mol. The fraction of sp³-hybridized carbons (Fsp3) is 0.917. The summed E-state index contributed by atoms with van der Waals surface area (Å²) in [6.45, 7) is 8.07. The van der Waals surface area contributed by atoms with Gasteiger partial charge in [0.05, 0.1) is 0 Å². The average molecular weight is 212 g/mol. The molecular formula is C12H24N2O. The largest absolute Gasteiger partial charge is 0.341 e. The van der Waals surface area contributed by atoms with E-state index in [1.54, 1.807) is 0 Å². The Morgan fingerprint density at radius 1 is 1.47 bits per heavy atom. The number of carbonyl (C=O) groups is 1. The van der Waals surface area contributed by atoms with E-state index in [4.69, 9.17) is 5.73 Å². The van der Waals surface area contributed by atoms with Crippen LogP contribution < -0.4 is 5.73 Å². The van der Waals surface area contributed by atoms with Gasteiger partial charge in [-0.2, -0.15) is 0 Å². The molecule has 1 aliphatic rings. The number of likely N-dealkylation sites (tertiary alicyclic amines) is 1. The lowest BCUT2D eigenvalue weighted by Gasteiger charge is -2.34. The summed E-state index contributed by atoms with van der Waals surface area (Å²) in [6, 6.07) is 0.0896. The molecule has 2 unspecified atom stereocenters. The Morgan fingerprint density at radius 3 is 2.67 bits per heavy atom. The van der Waals surface area contributed by atoms with Gasteiger partial charge in [0.15, 0.2) is 0 Å². The Bertz CT molecular complexity index is 214. The number of hydrogen-bond donors (Lipinski definition) is 1. The highest BCUT2D eigenvalue weighted by Crippen LogP contribution is 2.23. The molecule has 0 aromatic heterocycles. The first-order chi connectivity index (χ1) is 6.99. The predicted octanol–water partition coefficient (Wildman–Crippen LogP) is 1.62. The molecule has 2 atom stereocenters. The summed E-state index contributed by atoms with van der Waals surface area (Å²) in [5.74, 6) is 1.69. The Hall–Kier alpha value is -0.570. The molecule has 0 aromatic carbocycles. The first-order valence-corrected chi connectivity index (χ1v) is 6.02. The summed E-state index contributed by atoms with van der Waals surface area (Å²) in [4.78, 5) is 13.6. The van der Waals surface area contributed by atoms with Crippen molar-refractivity contribution < 1.29 is 4.79 Å². The van der Waals surface area contributed by atoms with Crippen molar-refractivity contribution >= 4 is 5.91 Å². The van der Waals surface area contributed by atoms with Crippen molar-refractivity contribution in [1.82, 2.24) is 4.90 Å². The minimum absolute atomic E-state index is 0.0896. The standard InChI is InChI=1S/C12H24N2O/c1-9(2)6-11-4-5-12(15)14(8-11)7-10(3)13/h9-11H,4-8,13H2,1-3H3. The molecule has 2 N–H and O–H groups in total. The molecule has 0 spiro atoms. The van der Waals surface area contributed by atoms with Gasteiger partial charge in [0.2, 0.25) is 5.91 Å². The third-order valence-corrected chi connectivity index (χ3v) is 2.91. The van der Waals surface area contributed by atoms with E-state index in [9.17, 15) is 4.79 Å². The Morgan fingerprint density at radius 2 is 2.13 bits per heavy atom. The zero-order valence-corrected chi connectivity index (χ0v) is 10.2. The maximum atomic E-state index is 11.6. The van der Waals surface area contributed by atoms with Gasteiger partial charge in [-0.15, -0.1) is 0 Å². The Balaban J connectivity index is 2.44. The van der Waals surface area contributed by atoms with Crippen molar-refractivity contribution in [3.63, 3.8) is 0 Å². The van der Waals surface area contributed by atoms with Crippen molar-refractivity contribution in [2.75, 3.05) is 13.1 Å². The van der Waals surface area contributed by atoms with Gasteiger partial charge in [-0.3, -0.25) is 4.79 Å². The van der Waals surface area contributed by atoms with E-state index in [1.807, 2.05) is 11.8 Å². The smallest absolute Gasteiger partial charge is 0.222 e. The van der Waals surface area contributed by atoms with E-state index in [2.05, 4.69) is 13.8 Å². The first kappa shape index (κ1) is 12.5. The SMILES string of the molecule is CC(C)CC1CCC(=O)N(CC(C)N)C1. The molecule has 1 saturated heterocycles. The molecule has 15 heavy (non-hydrogen) atoms. The highest BCUT2D eigenvalue weighted by Gasteiger charge is 2.26. The van der Waals surface area contributed by atoms with Crippen LogP contribution in [0.5, 0.6) is 0 Å². The lowest BCUT2D eigenvalue weighted by Crippen LogP contribution is -2.45. The molecule has 3 heteroatoms. The fourth-order valence-corrected chi connectivity index (χ4v) is 2.37. The van der Waals surface area contributed by atoms with Crippen molar-refractivity contribution in [2.24, 2.45) is 17.6 Å². The molecular weight excluding hydrogens is 188 g/mol. The molecule has 1 fully saturated rings. The molecule has 0 aromatic rings. The topological polar surface area (TPSA) is 46.3 Å². The number of nitrogens with two attached hydrogens (primary N) is 1. The predicted molar refractivity (Wildman–Crippen MR) is 62.4 cm³/mol. The molecule has 1 amide bonds. The summed E-state index contributed by atoms with van der Waals surface area (Å²) in [7, 11) is 0. The summed E-state index contributed by atoms with van der Waals surface area (Å²) < 4.78 is 0. The van der Waals surface area contributed by atoms with Crippen LogP contribution in [-0.4, -0.2) is 29.9 Å². The zero-order valence-electron chi connectivity index (χ0n) is 10.2. The second-order valence-corrected chi connectivity index (χ2v) is 5.31. The van der Waals surface area contributed by atoms with E-state index in [0.29, 0.717) is 18.9 Å². The number of nitrogens with zero attached hydrogens (tertiary/aromatic N) is 1. The maximum Gasteiger partial charge on any atom is 0.222 e. The first-order valence-electron chi connectivity index (χ1n) is 6.02. The molecule has 3 nitrogen and oxygen atoms in total. The lowest BCUT2D eigenvalue weighted by molar-refractivity contribution is -0.135. The van der Waals surface area contributed by atoms with E-state index >= 15 is 0 Å². The number of rotatable bonds is 4. The Kier molecular flexibility index (Phi) is 4.58. The number of hydrogen-bond acceptors (Lipinski definition) is 2. The van der Waals surface area contributed by atoms with E-state index in [-0.39, 0.29) is 11.9 Å². The molecule has 0 aliphatic carbocycles. The van der Waals surface area contributed by atoms with Crippen LogP contribution >= 0.6 is 0 Å². The highest BCUT2D eigenvalue weighted by atomic mass is 16.2. The number of carbonyl (C=O) groups excluding carboxylic acids is 1. The molecule has 1 aliphatic heterocycles. The molecule has 0 radical (unpaired) electrons. The highest BCUT2D eigenvalue weighted by molar-refractivity contribution is 5.77. The summed E-state index contributed by atoms with van der Waals surface area (Å²) in [5, 5.41) is 0. The third kappa shape index (κ3) is 4.20. The van der Waals surface area contributed by atoms with Crippen molar-refractivity contribution in [1.29, 1.82) is 0 Å². The molecule has 1 rings (SSSR count). The van der Waals surface area contributed by atoms with E-state index in [0.717, 1.165) is 18.9 Å². The summed E-state index contributed by atoms with van der Waals surface area (Å²) >= 11 is 0. The number of amides is 1. The minimum Gasteiger partial charge on any atom is -0.341 e. The van der Waals surface area contributed by atoms with Gasteiger partial charge in [-0.25, -0.2) is 0 Å². The van der Waals surface area contributed by atoms with Crippen molar-refractivity contribution in [3.05, 3.63) is 0 Å². The lowest BCUT2D eigenvalue weighted by atomic mass is 9.89. The van der Waals surface area contributed by atoms with Crippen LogP contribution in [0.4, 0.5) is 0 Å². The second kappa shape index (κ2) is 5.50. The molecule has 0 saturated carbocycles. The minimum atomic E-state index is 0.0896. The van der Waals surface area contributed by atoms with Gasteiger partial charge < -0.3 is 10.6 Å². The van der Waals surface area contributed by atoms with Crippen molar-refractivity contribution in [2.45, 2.75) is 46.1 Å². The van der Waals surface area contributed by atoms with Crippen LogP contribution in [0.3, 0.4) is 0 Å².